The second-order valence-corrected chi connectivity index (χ2v) is 8.79. The summed E-state index contributed by atoms with van der Waals surface area (Å²) in [6.45, 7) is 2.98. The van der Waals surface area contributed by atoms with Gasteiger partial charge < -0.3 is 10.1 Å². The largest absolute Gasteiger partial charge is 0.380 e. The van der Waals surface area contributed by atoms with Crippen LogP contribution < -0.4 is 10.9 Å². The molecule has 29 heavy (non-hydrogen) atoms. The van der Waals surface area contributed by atoms with Gasteiger partial charge in [0.2, 0.25) is 0 Å². The second-order valence-electron chi connectivity index (χ2n) is 6.63. The summed E-state index contributed by atoms with van der Waals surface area (Å²) in [6, 6.07) is 3.72. The smallest absolute Gasteiger partial charge is 0.261 e. The number of methoxy groups -OCH3 is 1. The highest BCUT2D eigenvalue weighted by molar-refractivity contribution is 9.10. The fourth-order valence-corrected chi connectivity index (χ4v) is 4.83. The summed E-state index contributed by atoms with van der Waals surface area (Å²) in [7, 11) is 1.68. The zero-order valence-corrected chi connectivity index (χ0v) is 22.2. The summed E-state index contributed by atoms with van der Waals surface area (Å²) < 4.78 is 7.81. The first kappa shape index (κ1) is 26.8. The Morgan fingerprint density at radius 1 is 1.41 bits per heavy atom. The number of nitrogens with zero attached hydrogens (tertiary/aromatic N) is 2. The lowest BCUT2D eigenvalue weighted by molar-refractivity contribution is -0.121. The van der Waals surface area contributed by atoms with Gasteiger partial charge in [-0.3, -0.25) is 14.2 Å². The molecule has 1 aromatic carbocycles. The average Bonchev–Trinajstić information content (AvgIpc) is 2.66. The minimum absolute atomic E-state index is 0. The van der Waals surface area contributed by atoms with Crippen LogP contribution in [0, 0.1) is 0 Å². The maximum Gasteiger partial charge on any atom is 0.261 e. The van der Waals surface area contributed by atoms with Crippen LogP contribution in [-0.2, 0) is 16.1 Å². The Balaban J connectivity index is 0.00000210. The molecule has 0 unspecified atom stereocenters. The Morgan fingerprint density at radius 2 is 2.17 bits per heavy atom. The summed E-state index contributed by atoms with van der Waals surface area (Å²) >= 11 is 5.19. The first-order valence-electron chi connectivity index (χ1n) is 9.12. The molecular weight excluding hydrogens is 590 g/mol. The van der Waals surface area contributed by atoms with Gasteiger partial charge in [-0.1, -0.05) is 6.92 Å². The van der Waals surface area contributed by atoms with Gasteiger partial charge >= 0.3 is 0 Å². The maximum atomic E-state index is 12.9. The van der Waals surface area contributed by atoms with E-state index in [4.69, 9.17) is 4.74 Å². The number of hydrogen-bond donors (Lipinski definition) is 1. The van der Waals surface area contributed by atoms with Crippen molar-refractivity contribution in [3.05, 3.63) is 33.3 Å². The van der Waals surface area contributed by atoms with Crippen LogP contribution in [-0.4, -0.2) is 46.9 Å². The van der Waals surface area contributed by atoms with E-state index in [-0.39, 0.29) is 64.0 Å². The van der Waals surface area contributed by atoms with Crippen LogP contribution in [0.3, 0.4) is 0 Å². The SMILES string of the molecule is Br.Br.CCSc1cc2c(=O)n(CC(=O)C[C@@H]3NCCC[C@H]3OC)cnc2cc1Br. The Hall–Kier alpha value is -0.260. The molecule has 1 aliphatic heterocycles. The molecule has 2 atom stereocenters. The number of thioether (sulfide) groups is 1. The van der Waals surface area contributed by atoms with E-state index >= 15 is 0 Å². The molecule has 162 valence electrons. The molecule has 10 heteroatoms. The molecule has 1 aliphatic rings. The van der Waals surface area contributed by atoms with Crippen LogP contribution in [0.4, 0.5) is 0 Å². The van der Waals surface area contributed by atoms with Crippen LogP contribution in [0.15, 0.2) is 32.6 Å². The van der Waals surface area contributed by atoms with E-state index in [1.165, 1.54) is 10.9 Å². The number of ether oxygens (including phenoxy) is 1. The molecule has 1 N–H and O–H groups in total. The lowest BCUT2D eigenvalue weighted by Crippen LogP contribution is -2.47. The molecular formula is C19H26Br3N3O3S. The summed E-state index contributed by atoms with van der Waals surface area (Å²) in [4.78, 5) is 30.8. The van der Waals surface area contributed by atoms with Crippen molar-refractivity contribution in [3.63, 3.8) is 0 Å². The number of benzene rings is 1. The van der Waals surface area contributed by atoms with E-state index in [9.17, 15) is 9.59 Å². The van der Waals surface area contributed by atoms with Gasteiger partial charge in [-0.25, -0.2) is 4.98 Å². The van der Waals surface area contributed by atoms with Gasteiger partial charge in [-0.15, -0.1) is 45.7 Å². The molecule has 1 aromatic heterocycles. The fraction of sp³-hybridized carbons (Fsp3) is 0.526. The lowest BCUT2D eigenvalue weighted by atomic mass is 9.96. The highest BCUT2D eigenvalue weighted by atomic mass is 79.9. The summed E-state index contributed by atoms with van der Waals surface area (Å²) in [6.07, 6.45) is 3.85. The van der Waals surface area contributed by atoms with Crippen molar-refractivity contribution in [1.82, 2.24) is 14.9 Å². The monoisotopic (exact) mass is 613 g/mol. The molecule has 0 spiro atoms. The van der Waals surface area contributed by atoms with Gasteiger partial charge in [-0.05, 0) is 53.2 Å². The number of piperidine rings is 1. The molecule has 2 heterocycles. The highest BCUT2D eigenvalue weighted by Gasteiger charge is 2.26. The molecule has 1 fully saturated rings. The van der Waals surface area contributed by atoms with Crippen molar-refractivity contribution >= 4 is 78.3 Å². The summed E-state index contributed by atoms with van der Waals surface area (Å²) in [5.41, 5.74) is 0.447. The van der Waals surface area contributed by atoms with Crippen LogP contribution >= 0.6 is 61.7 Å². The Bertz CT molecular complexity index is 894. The van der Waals surface area contributed by atoms with Gasteiger partial charge in [0.05, 0.1) is 29.9 Å². The molecule has 0 amide bonds. The Kier molecular flexibility index (Phi) is 11.6. The van der Waals surface area contributed by atoms with E-state index in [0.29, 0.717) is 17.3 Å². The maximum absolute atomic E-state index is 12.9. The summed E-state index contributed by atoms with van der Waals surface area (Å²) in [5, 5.41) is 3.89. The lowest BCUT2D eigenvalue weighted by Gasteiger charge is -2.31. The zero-order chi connectivity index (χ0) is 19.4. The normalized spacial score (nSPS) is 18.7. The Morgan fingerprint density at radius 3 is 2.86 bits per heavy atom. The number of fused-ring (bicyclic) bond motifs is 1. The van der Waals surface area contributed by atoms with Crippen molar-refractivity contribution in [2.45, 2.75) is 49.8 Å². The predicted octanol–water partition coefficient (Wildman–Crippen LogP) is 4.15. The first-order chi connectivity index (χ1) is 13.0. The van der Waals surface area contributed by atoms with Crippen LogP contribution in [0.1, 0.15) is 26.2 Å². The van der Waals surface area contributed by atoms with E-state index in [1.807, 2.05) is 12.1 Å². The van der Waals surface area contributed by atoms with Crippen molar-refractivity contribution in [2.24, 2.45) is 0 Å². The van der Waals surface area contributed by atoms with Crippen LogP contribution in [0.2, 0.25) is 0 Å². The van der Waals surface area contributed by atoms with Crippen molar-refractivity contribution in [2.75, 3.05) is 19.4 Å². The third kappa shape index (κ3) is 6.61. The van der Waals surface area contributed by atoms with Gasteiger partial charge in [0, 0.05) is 28.9 Å². The highest BCUT2D eigenvalue weighted by Crippen LogP contribution is 2.30. The van der Waals surface area contributed by atoms with Crippen molar-refractivity contribution < 1.29 is 9.53 Å². The van der Waals surface area contributed by atoms with Gasteiger partial charge in [0.1, 0.15) is 0 Å². The number of carbonyl (C=O) groups excluding carboxylic acids is 1. The molecule has 6 nitrogen and oxygen atoms in total. The first-order valence-corrected chi connectivity index (χ1v) is 10.9. The third-order valence-corrected chi connectivity index (χ3v) is 6.65. The van der Waals surface area contributed by atoms with Crippen LogP contribution in [0.5, 0.6) is 0 Å². The second kappa shape index (κ2) is 12.6. The van der Waals surface area contributed by atoms with Gasteiger partial charge in [-0.2, -0.15) is 0 Å². The standard InChI is InChI=1S/C19H24BrN3O3S.2BrH/c1-3-27-18-8-13-15(9-14(18)20)22-11-23(19(13)25)10-12(24)7-16-17(26-2)5-4-6-21-16;;/h8-9,11,16-17,21H,3-7,10H2,1-2H3;2*1H/t16-,17+;;/m0../s1. The number of hydrogen-bond acceptors (Lipinski definition) is 6. The number of Topliss-reactive ketones (excluding diaryl/α,β-unsaturated/α-hetero) is 1. The third-order valence-electron chi connectivity index (χ3n) is 4.80. The van der Waals surface area contributed by atoms with Crippen molar-refractivity contribution in [3.8, 4) is 0 Å². The minimum Gasteiger partial charge on any atom is -0.380 e. The van der Waals surface area contributed by atoms with E-state index in [1.54, 1.807) is 18.9 Å². The molecule has 0 bridgehead atoms. The number of halogens is 3. The molecule has 0 saturated carbocycles. The zero-order valence-electron chi connectivity index (χ0n) is 16.4. The fourth-order valence-electron chi connectivity index (χ4n) is 3.45. The van der Waals surface area contributed by atoms with Gasteiger partial charge in [0.15, 0.2) is 5.78 Å². The molecule has 1 saturated heterocycles. The molecule has 2 aromatic rings. The van der Waals surface area contributed by atoms with Crippen molar-refractivity contribution in [1.29, 1.82) is 0 Å². The van der Waals surface area contributed by atoms with E-state index in [0.717, 1.165) is 34.5 Å². The van der Waals surface area contributed by atoms with E-state index in [2.05, 4.69) is 33.2 Å². The topological polar surface area (TPSA) is 73.2 Å². The van der Waals surface area contributed by atoms with Gasteiger partial charge in [0.25, 0.3) is 5.56 Å². The van der Waals surface area contributed by atoms with Crippen LogP contribution in [0.25, 0.3) is 10.9 Å². The van der Waals surface area contributed by atoms with E-state index < -0.39 is 0 Å². The number of ketones is 1. The number of carbonyl (C=O) groups is 1. The molecule has 3 rings (SSSR count). The minimum atomic E-state index is -0.182. The molecule has 0 aliphatic carbocycles. The number of rotatable bonds is 7. The number of aromatic nitrogens is 2. The Labute approximate surface area is 204 Å². The molecule has 0 radical (unpaired) electrons. The number of nitrogens with one attached hydrogen (secondary N) is 1. The summed E-state index contributed by atoms with van der Waals surface area (Å²) in [5.74, 6) is 0.909. The average molecular weight is 616 g/mol. The quantitative estimate of drug-likeness (QED) is 0.472. The predicted molar refractivity (Wildman–Crippen MR) is 132 cm³/mol.